The van der Waals surface area contributed by atoms with Gasteiger partial charge in [0.2, 0.25) is 0 Å². The number of halogens is 1. The van der Waals surface area contributed by atoms with E-state index >= 15 is 0 Å². The van der Waals surface area contributed by atoms with Crippen molar-refractivity contribution in [1.82, 2.24) is 4.57 Å². The average Bonchev–Trinajstić information content (AvgIpc) is 2.74. The zero-order chi connectivity index (χ0) is 20.4. The van der Waals surface area contributed by atoms with Crippen LogP contribution in [-0.4, -0.2) is 35.0 Å². The van der Waals surface area contributed by atoms with E-state index < -0.39 is 0 Å². The maximum Gasteiger partial charge on any atom is 0.269 e. The molecule has 4 rings (SSSR count). The van der Waals surface area contributed by atoms with Crippen LogP contribution in [0.3, 0.4) is 0 Å². The quantitative estimate of drug-likeness (QED) is 0.781. The van der Waals surface area contributed by atoms with Crippen molar-refractivity contribution in [1.29, 1.82) is 0 Å². The van der Waals surface area contributed by atoms with Crippen molar-refractivity contribution in [2.45, 2.75) is 64.1 Å². The zero-order valence-electron chi connectivity index (χ0n) is 16.9. The number of aryl methyl sites for hydroxylation is 1. The summed E-state index contributed by atoms with van der Waals surface area (Å²) >= 11 is 6.45. The molecule has 5 nitrogen and oxygen atoms in total. The van der Waals surface area contributed by atoms with Gasteiger partial charge in [-0.1, -0.05) is 31.0 Å². The number of hydrogen-bond donors (Lipinski definition) is 1. The van der Waals surface area contributed by atoms with Gasteiger partial charge in [-0.05, 0) is 55.9 Å². The van der Waals surface area contributed by atoms with Gasteiger partial charge in [0.1, 0.15) is 17.4 Å². The van der Waals surface area contributed by atoms with Gasteiger partial charge in [0.05, 0.1) is 18.3 Å². The van der Waals surface area contributed by atoms with E-state index in [-0.39, 0.29) is 16.7 Å². The van der Waals surface area contributed by atoms with E-state index in [0.717, 1.165) is 67.6 Å². The van der Waals surface area contributed by atoms with E-state index in [4.69, 9.17) is 16.3 Å². The molecule has 6 heteroatoms. The van der Waals surface area contributed by atoms with Crippen molar-refractivity contribution in [2.75, 3.05) is 18.1 Å². The van der Waals surface area contributed by atoms with Gasteiger partial charge in [0, 0.05) is 24.3 Å². The molecule has 0 amide bonds. The normalized spacial score (nSPS) is 21.6. The minimum absolute atomic E-state index is 0.140. The van der Waals surface area contributed by atoms with Crippen LogP contribution < -0.4 is 15.2 Å². The zero-order valence-corrected chi connectivity index (χ0v) is 17.7. The molecule has 1 aliphatic heterocycles. The Hall–Kier alpha value is -1.98. The molecular formula is C23H29ClN2O3. The number of pyridine rings is 1. The number of aromatic nitrogens is 1. The molecule has 1 N–H and O–H groups in total. The van der Waals surface area contributed by atoms with E-state index in [1.165, 1.54) is 0 Å². The van der Waals surface area contributed by atoms with Crippen LogP contribution in [0.2, 0.25) is 5.02 Å². The largest absolute Gasteiger partial charge is 0.490 e. The number of aliphatic hydroxyl groups excluding tert-OH is 1. The van der Waals surface area contributed by atoms with E-state index in [2.05, 4.69) is 17.9 Å². The van der Waals surface area contributed by atoms with Gasteiger partial charge in [0.15, 0.2) is 0 Å². The maximum absolute atomic E-state index is 12.6. The SMILES string of the molecule is CCCCn1ccc(-c2ccc3c(c2)OCCN3C2CCC(O)CC2)c(Cl)c1=O. The molecule has 0 atom stereocenters. The highest BCUT2D eigenvalue weighted by Crippen LogP contribution is 2.39. The van der Waals surface area contributed by atoms with Crippen molar-refractivity contribution in [3.05, 3.63) is 45.8 Å². The Morgan fingerprint density at radius 3 is 2.76 bits per heavy atom. The smallest absolute Gasteiger partial charge is 0.269 e. The summed E-state index contributed by atoms with van der Waals surface area (Å²) in [7, 11) is 0. The van der Waals surface area contributed by atoms with Crippen molar-refractivity contribution >= 4 is 17.3 Å². The number of nitrogens with zero attached hydrogens (tertiary/aromatic N) is 2. The first-order valence-electron chi connectivity index (χ1n) is 10.7. The number of anilines is 1. The van der Waals surface area contributed by atoms with Crippen molar-refractivity contribution in [3.63, 3.8) is 0 Å². The van der Waals surface area contributed by atoms with Gasteiger partial charge >= 0.3 is 0 Å². The number of unbranched alkanes of at least 4 members (excludes halogenated alkanes) is 1. The highest BCUT2D eigenvalue weighted by atomic mass is 35.5. The van der Waals surface area contributed by atoms with Crippen LogP contribution in [0.5, 0.6) is 5.75 Å². The van der Waals surface area contributed by atoms with Crippen LogP contribution in [0.25, 0.3) is 11.1 Å². The molecule has 1 aromatic heterocycles. The number of aliphatic hydroxyl groups is 1. The first-order chi connectivity index (χ1) is 14.1. The summed E-state index contributed by atoms with van der Waals surface area (Å²) in [4.78, 5) is 15.0. The van der Waals surface area contributed by atoms with E-state index in [0.29, 0.717) is 19.2 Å². The van der Waals surface area contributed by atoms with Crippen LogP contribution in [-0.2, 0) is 6.54 Å². The van der Waals surface area contributed by atoms with Gasteiger partial charge < -0.3 is 19.3 Å². The van der Waals surface area contributed by atoms with Gasteiger partial charge in [-0.25, -0.2) is 0 Å². The Morgan fingerprint density at radius 2 is 2.00 bits per heavy atom. The van der Waals surface area contributed by atoms with Gasteiger partial charge in [-0.2, -0.15) is 0 Å². The van der Waals surface area contributed by atoms with Gasteiger partial charge in [-0.15, -0.1) is 0 Å². The molecule has 0 bridgehead atoms. The van der Waals surface area contributed by atoms with E-state index in [9.17, 15) is 9.90 Å². The fraction of sp³-hybridized carbons (Fsp3) is 0.522. The Labute approximate surface area is 176 Å². The first kappa shape index (κ1) is 20.3. The molecule has 1 aromatic carbocycles. The molecule has 2 aliphatic rings. The van der Waals surface area contributed by atoms with Crippen LogP contribution in [0.15, 0.2) is 35.3 Å². The second-order valence-electron chi connectivity index (χ2n) is 8.08. The van der Waals surface area contributed by atoms with Crippen LogP contribution >= 0.6 is 11.6 Å². The second-order valence-corrected chi connectivity index (χ2v) is 8.46. The number of hydrogen-bond acceptors (Lipinski definition) is 4. The van der Waals surface area contributed by atoms with Crippen molar-refractivity contribution < 1.29 is 9.84 Å². The molecule has 1 aliphatic carbocycles. The summed E-state index contributed by atoms with van der Waals surface area (Å²) in [6.07, 6.45) is 7.39. The summed E-state index contributed by atoms with van der Waals surface area (Å²) in [5.41, 5.74) is 2.59. The van der Waals surface area contributed by atoms with Gasteiger partial charge in [0.25, 0.3) is 5.56 Å². The number of rotatable bonds is 5. The summed E-state index contributed by atoms with van der Waals surface area (Å²) in [6, 6.07) is 8.46. The van der Waals surface area contributed by atoms with Crippen LogP contribution in [0.4, 0.5) is 5.69 Å². The molecule has 0 saturated heterocycles. The highest BCUT2D eigenvalue weighted by molar-refractivity contribution is 6.33. The summed E-state index contributed by atoms with van der Waals surface area (Å²) < 4.78 is 7.64. The Bertz CT molecular complexity index is 919. The highest BCUT2D eigenvalue weighted by Gasteiger charge is 2.29. The topological polar surface area (TPSA) is 54.7 Å². The third-order valence-electron chi connectivity index (χ3n) is 6.14. The fourth-order valence-corrected chi connectivity index (χ4v) is 4.71. The molecule has 156 valence electrons. The minimum atomic E-state index is -0.157. The lowest BCUT2D eigenvalue weighted by Crippen LogP contribution is -2.43. The molecule has 0 spiro atoms. The molecule has 1 fully saturated rings. The van der Waals surface area contributed by atoms with E-state index in [1.54, 1.807) is 4.57 Å². The molecule has 0 unspecified atom stereocenters. The van der Waals surface area contributed by atoms with Gasteiger partial charge in [-0.3, -0.25) is 4.79 Å². The lowest BCUT2D eigenvalue weighted by atomic mass is 9.91. The maximum atomic E-state index is 12.6. The Morgan fingerprint density at radius 1 is 1.21 bits per heavy atom. The lowest BCUT2D eigenvalue weighted by Gasteiger charge is -2.40. The molecule has 29 heavy (non-hydrogen) atoms. The molecular weight excluding hydrogens is 388 g/mol. The fourth-order valence-electron chi connectivity index (χ4n) is 4.43. The number of benzene rings is 1. The minimum Gasteiger partial charge on any atom is -0.490 e. The summed E-state index contributed by atoms with van der Waals surface area (Å²) in [5, 5.41) is 10.1. The lowest BCUT2D eigenvalue weighted by molar-refractivity contribution is 0.120. The standard InChI is InChI=1S/C23H29ClN2O3/c1-2-3-11-25-12-10-19(22(24)23(25)28)16-4-9-20-21(15-16)29-14-13-26(20)17-5-7-18(27)8-6-17/h4,9-10,12,15,17-18,27H,2-3,5-8,11,13-14H2,1H3. The third kappa shape index (κ3) is 4.17. The van der Waals surface area contributed by atoms with Crippen molar-refractivity contribution in [3.8, 4) is 16.9 Å². The summed E-state index contributed by atoms with van der Waals surface area (Å²) in [6.45, 7) is 4.30. The number of ether oxygens (including phenoxy) is 1. The predicted molar refractivity (Wildman–Crippen MR) is 117 cm³/mol. The second kappa shape index (κ2) is 8.80. The monoisotopic (exact) mass is 416 g/mol. The van der Waals surface area contributed by atoms with Crippen LogP contribution in [0.1, 0.15) is 45.4 Å². The molecule has 2 aromatic rings. The number of fused-ring (bicyclic) bond motifs is 1. The Kier molecular flexibility index (Phi) is 6.16. The molecule has 1 saturated carbocycles. The first-order valence-corrected chi connectivity index (χ1v) is 11.1. The summed E-state index contributed by atoms with van der Waals surface area (Å²) in [5.74, 6) is 0.839. The molecule has 0 radical (unpaired) electrons. The predicted octanol–water partition coefficient (Wildman–Crippen LogP) is 4.47. The van der Waals surface area contributed by atoms with E-state index in [1.807, 2.05) is 24.4 Å². The Balaban J connectivity index is 1.61. The average molecular weight is 417 g/mol. The van der Waals surface area contributed by atoms with Crippen LogP contribution in [0, 0.1) is 0 Å². The van der Waals surface area contributed by atoms with Crippen molar-refractivity contribution in [2.24, 2.45) is 0 Å². The molecule has 2 heterocycles. The third-order valence-corrected chi connectivity index (χ3v) is 6.50.